The fraction of sp³-hybridized carbons (Fsp3) is 0.632. The van der Waals surface area contributed by atoms with Crippen molar-refractivity contribution in [1.29, 1.82) is 0 Å². The number of likely N-dealkylation sites (tertiary alicyclic amines) is 1. The minimum absolute atomic E-state index is 0.170. The molecule has 1 aromatic rings. The second-order valence-electron chi connectivity index (χ2n) is 7.13. The van der Waals surface area contributed by atoms with E-state index >= 15 is 0 Å². The first-order valence-electron chi connectivity index (χ1n) is 9.08. The highest BCUT2D eigenvalue weighted by molar-refractivity contribution is 6.35. The fourth-order valence-electron chi connectivity index (χ4n) is 3.81. The van der Waals surface area contributed by atoms with Crippen molar-refractivity contribution in [2.75, 3.05) is 13.1 Å². The Morgan fingerprint density at radius 2 is 1.79 bits per heavy atom. The number of hydrogen-bond donors (Lipinski definition) is 1. The van der Waals surface area contributed by atoms with Gasteiger partial charge in [0.2, 0.25) is 5.91 Å². The van der Waals surface area contributed by atoms with Gasteiger partial charge < -0.3 is 5.32 Å². The lowest BCUT2D eigenvalue weighted by molar-refractivity contribution is -0.127. The number of piperidine rings is 1. The van der Waals surface area contributed by atoms with Crippen LogP contribution >= 0.6 is 23.2 Å². The first-order valence-corrected chi connectivity index (χ1v) is 9.84. The molecule has 0 spiro atoms. The van der Waals surface area contributed by atoms with Crippen LogP contribution in [0.4, 0.5) is 0 Å². The Morgan fingerprint density at radius 3 is 2.46 bits per heavy atom. The highest BCUT2D eigenvalue weighted by atomic mass is 35.5. The molecule has 0 radical (unpaired) electrons. The maximum absolute atomic E-state index is 12.5. The zero-order valence-electron chi connectivity index (χ0n) is 14.1. The van der Waals surface area contributed by atoms with Gasteiger partial charge in [-0.25, -0.2) is 0 Å². The Bertz CT molecular complexity index is 564. The summed E-state index contributed by atoms with van der Waals surface area (Å²) in [5.74, 6) is 0.440. The van der Waals surface area contributed by atoms with Crippen LogP contribution in [-0.4, -0.2) is 29.9 Å². The van der Waals surface area contributed by atoms with E-state index in [1.165, 1.54) is 19.3 Å². The van der Waals surface area contributed by atoms with Crippen molar-refractivity contribution >= 4 is 29.1 Å². The van der Waals surface area contributed by atoms with Crippen molar-refractivity contribution in [3.63, 3.8) is 0 Å². The van der Waals surface area contributed by atoms with E-state index < -0.39 is 0 Å². The number of nitrogens with zero attached hydrogens (tertiary/aromatic N) is 1. The number of carbonyl (C=O) groups is 1. The molecular formula is C19H26Cl2N2O. The highest BCUT2D eigenvalue weighted by Crippen LogP contribution is 2.25. The van der Waals surface area contributed by atoms with Crippen LogP contribution in [0.5, 0.6) is 0 Å². The molecule has 1 N–H and O–H groups in total. The smallest absolute Gasteiger partial charge is 0.223 e. The zero-order chi connectivity index (χ0) is 16.9. The van der Waals surface area contributed by atoms with E-state index in [-0.39, 0.29) is 11.8 Å². The van der Waals surface area contributed by atoms with Crippen LogP contribution in [0.25, 0.3) is 0 Å². The summed E-state index contributed by atoms with van der Waals surface area (Å²) in [4.78, 5) is 14.8. The van der Waals surface area contributed by atoms with Crippen molar-refractivity contribution < 1.29 is 4.79 Å². The molecule has 2 aliphatic rings. The first-order chi connectivity index (χ1) is 11.6. The van der Waals surface area contributed by atoms with Gasteiger partial charge >= 0.3 is 0 Å². The lowest BCUT2D eigenvalue weighted by Gasteiger charge is -2.33. The summed E-state index contributed by atoms with van der Waals surface area (Å²) >= 11 is 12.2. The molecule has 1 aromatic carbocycles. The SMILES string of the molecule is O=C(NC1CCCCC1)C1CCN(Cc2ccc(Cl)cc2Cl)CC1. The number of hydrogen-bond acceptors (Lipinski definition) is 2. The van der Waals surface area contributed by atoms with Gasteiger partial charge in [0.15, 0.2) is 0 Å². The standard InChI is InChI=1S/C19H26Cl2N2O/c20-16-7-6-15(18(21)12-16)13-23-10-8-14(9-11-23)19(24)22-17-4-2-1-3-5-17/h6-7,12,14,17H,1-5,8-11,13H2,(H,22,24). The third-order valence-electron chi connectivity index (χ3n) is 5.32. The third kappa shape index (κ3) is 4.87. The van der Waals surface area contributed by atoms with E-state index in [4.69, 9.17) is 23.2 Å². The predicted molar refractivity (Wildman–Crippen MR) is 99.5 cm³/mol. The second-order valence-corrected chi connectivity index (χ2v) is 7.97. The molecule has 1 aliphatic carbocycles. The number of amides is 1. The fourth-order valence-corrected chi connectivity index (χ4v) is 4.28. The minimum atomic E-state index is 0.170. The van der Waals surface area contributed by atoms with Crippen LogP contribution in [0.2, 0.25) is 10.0 Å². The number of carbonyl (C=O) groups excluding carboxylic acids is 1. The molecule has 3 nitrogen and oxygen atoms in total. The summed E-state index contributed by atoms with van der Waals surface area (Å²) in [6, 6.07) is 6.08. The van der Waals surface area contributed by atoms with Crippen molar-refractivity contribution in [2.24, 2.45) is 5.92 Å². The first kappa shape index (κ1) is 18.0. The number of benzene rings is 1. The van der Waals surface area contributed by atoms with Gasteiger partial charge in [0.25, 0.3) is 0 Å². The molecule has 0 unspecified atom stereocenters. The zero-order valence-corrected chi connectivity index (χ0v) is 15.6. The van der Waals surface area contributed by atoms with Gasteiger partial charge in [-0.2, -0.15) is 0 Å². The third-order valence-corrected chi connectivity index (χ3v) is 5.91. The van der Waals surface area contributed by atoms with Gasteiger partial charge in [0.1, 0.15) is 0 Å². The quantitative estimate of drug-likeness (QED) is 0.838. The van der Waals surface area contributed by atoms with E-state index in [0.717, 1.165) is 55.9 Å². The van der Waals surface area contributed by atoms with Crippen molar-refractivity contribution in [1.82, 2.24) is 10.2 Å². The molecule has 132 valence electrons. The molecule has 1 saturated heterocycles. The molecule has 1 aliphatic heterocycles. The van der Waals surface area contributed by atoms with Crippen LogP contribution in [-0.2, 0) is 11.3 Å². The molecular weight excluding hydrogens is 343 g/mol. The summed E-state index contributed by atoms with van der Waals surface area (Å²) in [6.07, 6.45) is 8.00. The average Bonchev–Trinajstić information content (AvgIpc) is 2.59. The maximum Gasteiger partial charge on any atom is 0.223 e. The Kier molecular flexibility index (Phi) is 6.43. The number of nitrogens with one attached hydrogen (secondary N) is 1. The largest absolute Gasteiger partial charge is 0.353 e. The van der Waals surface area contributed by atoms with Crippen LogP contribution in [0.15, 0.2) is 18.2 Å². The molecule has 2 fully saturated rings. The molecule has 5 heteroatoms. The molecule has 0 aromatic heterocycles. The summed E-state index contributed by atoms with van der Waals surface area (Å²) < 4.78 is 0. The van der Waals surface area contributed by atoms with Gasteiger partial charge in [0.05, 0.1) is 0 Å². The predicted octanol–water partition coefficient (Wildman–Crippen LogP) is 4.65. The maximum atomic E-state index is 12.5. The topological polar surface area (TPSA) is 32.3 Å². The number of halogens is 2. The van der Waals surface area contributed by atoms with Crippen LogP contribution in [0.3, 0.4) is 0 Å². The average molecular weight is 369 g/mol. The van der Waals surface area contributed by atoms with Gasteiger partial charge in [-0.05, 0) is 56.5 Å². The lowest BCUT2D eigenvalue weighted by Crippen LogP contribution is -2.44. The summed E-state index contributed by atoms with van der Waals surface area (Å²) in [5.41, 5.74) is 1.10. The number of rotatable bonds is 4. The summed E-state index contributed by atoms with van der Waals surface area (Å²) in [7, 11) is 0. The molecule has 24 heavy (non-hydrogen) atoms. The normalized spacial score (nSPS) is 20.9. The van der Waals surface area contributed by atoms with E-state index in [9.17, 15) is 4.79 Å². The second kappa shape index (κ2) is 8.55. The Morgan fingerprint density at radius 1 is 1.08 bits per heavy atom. The molecule has 3 rings (SSSR count). The summed E-state index contributed by atoms with van der Waals surface area (Å²) in [6.45, 7) is 2.72. The van der Waals surface area contributed by atoms with Crippen LogP contribution in [0.1, 0.15) is 50.5 Å². The van der Waals surface area contributed by atoms with Crippen molar-refractivity contribution in [3.8, 4) is 0 Å². The van der Waals surface area contributed by atoms with Crippen LogP contribution < -0.4 is 5.32 Å². The van der Waals surface area contributed by atoms with Gasteiger partial charge in [-0.15, -0.1) is 0 Å². The van der Waals surface area contributed by atoms with Gasteiger partial charge in [-0.3, -0.25) is 9.69 Å². The highest BCUT2D eigenvalue weighted by Gasteiger charge is 2.27. The summed E-state index contributed by atoms with van der Waals surface area (Å²) in [5, 5.41) is 4.67. The molecule has 0 bridgehead atoms. The molecule has 1 amide bonds. The van der Waals surface area contributed by atoms with E-state index in [1.807, 2.05) is 12.1 Å². The van der Waals surface area contributed by atoms with Gasteiger partial charge in [-0.1, -0.05) is 48.5 Å². The molecule has 1 heterocycles. The lowest BCUT2D eigenvalue weighted by atomic mass is 9.92. The van der Waals surface area contributed by atoms with Crippen LogP contribution in [0, 0.1) is 5.92 Å². The van der Waals surface area contributed by atoms with E-state index in [0.29, 0.717) is 11.1 Å². The molecule has 1 saturated carbocycles. The monoisotopic (exact) mass is 368 g/mol. The van der Waals surface area contributed by atoms with Gasteiger partial charge in [0, 0.05) is 28.5 Å². The van der Waals surface area contributed by atoms with Crippen molar-refractivity contribution in [2.45, 2.75) is 57.5 Å². The Labute approximate surface area is 154 Å². The molecule has 0 atom stereocenters. The Hall–Kier alpha value is -0.770. The van der Waals surface area contributed by atoms with E-state index in [1.54, 1.807) is 6.07 Å². The van der Waals surface area contributed by atoms with Crippen molar-refractivity contribution in [3.05, 3.63) is 33.8 Å². The van der Waals surface area contributed by atoms with E-state index in [2.05, 4.69) is 10.2 Å². The Balaban J connectivity index is 1.45. The minimum Gasteiger partial charge on any atom is -0.353 e.